The summed E-state index contributed by atoms with van der Waals surface area (Å²) in [7, 11) is -4.02. The van der Waals surface area contributed by atoms with Gasteiger partial charge in [0.05, 0.1) is 16.8 Å². The maximum absolute atomic E-state index is 13.1. The second-order valence-corrected chi connectivity index (χ2v) is 9.38. The number of anilines is 2. The van der Waals surface area contributed by atoms with Gasteiger partial charge in [-0.1, -0.05) is 30.3 Å². The van der Waals surface area contributed by atoms with Crippen molar-refractivity contribution in [2.24, 2.45) is 0 Å². The molecule has 1 aromatic heterocycles. The topological polar surface area (TPSA) is 99.6 Å². The van der Waals surface area contributed by atoms with Crippen LogP contribution in [-0.4, -0.2) is 37.6 Å². The predicted molar refractivity (Wildman–Crippen MR) is 124 cm³/mol. The largest absolute Gasteiger partial charge is 0.478 e. The second kappa shape index (κ2) is 9.03. The third-order valence-electron chi connectivity index (χ3n) is 5.47. The molecule has 2 heterocycles. The molecule has 0 atom stereocenters. The fraction of sp³-hybridized carbons (Fsp3) is 0.167. The minimum absolute atomic E-state index is 0.00799. The summed E-state index contributed by atoms with van der Waals surface area (Å²) in [5.74, 6) is -1.50. The minimum Gasteiger partial charge on any atom is -0.478 e. The number of aromatic nitrogens is 1. The second-order valence-electron chi connectivity index (χ2n) is 7.70. The van der Waals surface area contributed by atoms with Gasteiger partial charge in [0.15, 0.2) is 0 Å². The average molecular weight is 468 g/mol. The molecule has 0 saturated heterocycles. The molecule has 7 nitrogen and oxygen atoms in total. The Morgan fingerprint density at radius 1 is 1.15 bits per heavy atom. The molecule has 0 amide bonds. The van der Waals surface area contributed by atoms with E-state index in [1.807, 2.05) is 17.0 Å². The van der Waals surface area contributed by atoms with Gasteiger partial charge in [-0.15, -0.1) is 0 Å². The highest BCUT2D eigenvalue weighted by Crippen LogP contribution is 2.29. The lowest BCUT2D eigenvalue weighted by Gasteiger charge is -2.29. The Kier molecular flexibility index (Phi) is 6.15. The van der Waals surface area contributed by atoms with Crippen molar-refractivity contribution >= 4 is 33.1 Å². The van der Waals surface area contributed by atoms with Crippen LogP contribution in [0, 0.1) is 12.7 Å². The van der Waals surface area contributed by atoms with Crippen molar-refractivity contribution in [2.45, 2.75) is 18.2 Å². The Hall–Kier alpha value is -3.72. The van der Waals surface area contributed by atoms with E-state index in [2.05, 4.69) is 34.8 Å². The van der Waals surface area contributed by atoms with E-state index in [0.29, 0.717) is 13.1 Å². The summed E-state index contributed by atoms with van der Waals surface area (Å²) in [4.78, 5) is 17.9. The number of hydrogen-bond acceptors (Lipinski definition) is 5. The normalized spacial score (nSPS) is 14.0. The molecular weight excluding hydrogens is 445 g/mol. The summed E-state index contributed by atoms with van der Waals surface area (Å²) in [5.41, 5.74) is 3.45. The number of carboxylic acid groups (broad SMARTS) is 1. The Morgan fingerprint density at radius 2 is 1.88 bits per heavy atom. The molecule has 2 aromatic carbocycles. The van der Waals surface area contributed by atoms with Crippen LogP contribution in [0.5, 0.6) is 0 Å². The van der Waals surface area contributed by atoms with Crippen LogP contribution in [0.1, 0.15) is 27.9 Å². The molecule has 0 fully saturated rings. The summed E-state index contributed by atoms with van der Waals surface area (Å²) in [5, 5.41) is 9.73. The first kappa shape index (κ1) is 22.5. The lowest BCUT2D eigenvalue weighted by Crippen LogP contribution is -2.31. The lowest BCUT2D eigenvalue weighted by atomic mass is 9.95. The number of nitrogens with one attached hydrogen (secondary N) is 1. The number of benzene rings is 2. The van der Waals surface area contributed by atoms with Crippen LogP contribution in [-0.2, 0) is 10.0 Å². The zero-order valence-electron chi connectivity index (χ0n) is 17.8. The number of carboxylic acids is 1. The highest BCUT2D eigenvalue weighted by molar-refractivity contribution is 7.92. The van der Waals surface area contributed by atoms with Crippen LogP contribution in [0.25, 0.3) is 5.57 Å². The molecule has 2 N–H and O–H groups in total. The first-order valence-electron chi connectivity index (χ1n) is 10.3. The Labute approximate surface area is 191 Å². The van der Waals surface area contributed by atoms with Gasteiger partial charge in [-0.3, -0.25) is 4.72 Å². The van der Waals surface area contributed by atoms with Crippen LogP contribution in [0.4, 0.5) is 15.9 Å². The first-order valence-corrected chi connectivity index (χ1v) is 11.7. The zero-order valence-corrected chi connectivity index (χ0v) is 18.6. The van der Waals surface area contributed by atoms with Crippen LogP contribution in [0.15, 0.2) is 71.8 Å². The van der Waals surface area contributed by atoms with Gasteiger partial charge in [-0.05, 0) is 60.4 Å². The van der Waals surface area contributed by atoms with Gasteiger partial charge in [-0.25, -0.2) is 22.6 Å². The van der Waals surface area contributed by atoms with Crippen molar-refractivity contribution in [3.05, 3.63) is 89.4 Å². The third kappa shape index (κ3) is 4.88. The molecule has 9 heteroatoms. The van der Waals surface area contributed by atoms with Crippen molar-refractivity contribution in [2.75, 3.05) is 22.7 Å². The number of rotatable bonds is 6. The van der Waals surface area contributed by atoms with Gasteiger partial charge in [0.1, 0.15) is 17.2 Å². The lowest BCUT2D eigenvalue weighted by molar-refractivity contribution is 0.0697. The van der Waals surface area contributed by atoms with Crippen LogP contribution in [0.3, 0.4) is 0 Å². The number of nitrogens with zero attached hydrogens (tertiary/aromatic N) is 2. The van der Waals surface area contributed by atoms with E-state index in [9.17, 15) is 22.7 Å². The van der Waals surface area contributed by atoms with E-state index < -0.39 is 21.8 Å². The standard InChI is InChI=1S/C24H22FN3O4S/c1-16-4-2-3-5-21(16)17-10-12-28(13-11-17)23-22(24(29)30)14-19(15-26-23)27-33(31,32)20-8-6-18(25)7-9-20/h2-10,14-15,27H,11-13H2,1H3,(H,29,30). The summed E-state index contributed by atoms with van der Waals surface area (Å²) in [6, 6.07) is 13.7. The van der Waals surface area contributed by atoms with E-state index in [4.69, 9.17) is 0 Å². The summed E-state index contributed by atoms with van der Waals surface area (Å²) >= 11 is 0. The Balaban J connectivity index is 1.58. The number of halogens is 1. The first-order chi connectivity index (χ1) is 15.7. The highest BCUT2D eigenvalue weighted by Gasteiger charge is 2.23. The van der Waals surface area contributed by atoms with Crippen molar-refractivity contribution in [1.29, 1.82) is 0 Å². The van der Waals surface area contributed by atoms with Crippen molar-refractivity contribution in [3.63, 3.8) is 0 Å². The fourth-order valence-electron chi connectivity index (χ4n) is 3.79. The zero-order chi connectivity index (χ0) is 23.6. The molecule has 4 rings (SSSR count). The maximum Gasteiger partial charge on any atom is 0.339 e. The molecular formula is C24H22FN3O4S. The van der Waals surface area contributed by atoms with Crippen LogP contribution < -0.4 is 9.62 Å². The molecule has 1 aliphatic rings. The summed E-state index contributed by atoms with van der Waals surface area (Å²) < 4.78 is 40.5. The van der Waals surface area contributed by atoms with E-state index >= 15 is 0 Å². The SMILES string of the molecule is Cc1ccccc1C1=CCN(c2ncc(NS(=O)(=O)c3ccc(F)cc3)cc2C(=O)O)CC1. The van der Waals surface area contributed by atoms with Gasteiger partial charge >= 0.3 is 5.97 Å². The number of aromatic carboxylic acids is 1. The quantitative estimate of drug-likeness (QED) is 0.560. The number of carbonyl (C=O) groups is 1. The molecule has 3 aromatic rings. The smallest absolute Gasteiger partial charge is 0.339 e. The monoisotopic (exact) mass is 467 g/mol. The van der Waals surface area contributed by atoms with E-state index in [1.54, 1.807) is 0 Å². The molecule has 0 radical (unpaired) electrons. The Bertz CT molecular complexity index is 1340. The van der Waals surface area contributed by atoms with Crippen LogP contribution in [0.2, 0.25) is 0 Å². The minimum atomic E-state index is -4.02. The van der Waals surface area contributed by atoms with E-state index in [1.165, 1.54) is 29.0 Å². The fourth-order valence-corrected chi connectivity index (χ4v) is 4.82. The highest BCUT2D eigenvalue weighted by atomic mass is 32.2. The maximum atomic E-state index is 13.1. The molecule has 0 spiro atoms. The third-order valence-corrected chi connectivity index (χ3v) is 6.87. The number of sulfonamides is 1. The van der Waals surface area contributed by atoms with Crippen molar-refractivity contribution in [1.82, 2.24) is 4.98 Å². The average Bonchev–Trinajstić information content (AvgIpc) is 2.79. The van der Waals surface area contributed by atoms with Gasteiger partial charge in [0, 0.05) is 13.1 Å². The van der Waals surface area contributed by atoms with Gasteiger partial charge < -0.3 is 10.0 Å². The summed E-state index contributed by atoms with van der Waals surface area (Å²) in [6.07, 6.45) is 4.07. The molecule has 0 unspecified atom stereocenters. The summed E-state index contributed by atoms with van der Waals surface area (Å²) in [6.45, 7) is 3.12. The van der Waals surface area contributed by atoms with E-state index in [-0.39, 0.29) is 22.0 Å². The number of pyridine rings is 1. The predicted octanol–water partition coefficient (Wildman–Crippen LogP) is 4.32. The molecule has 0 aliphatic carbocycles. The number of hydrogen-bond donors (Lipinski definition) is 2. The molecule has 1 aliphatic heterocycles. The van der Waals surface area contributed by atoms with Gasteiger partial charge in [0.25, 0.3) is 10.0 Å². The Morgan fingerprint density at radius 3 is 2.52 bits per heavy atom. The van der Waals surface area contributed by atoms with E-state index in [0.717, 1.165) is 30.7 Å². The molecule has 0 saturated carbocycles. The van der Waals surface area contributed by atoms with Gasteiger partial charge in [0.2, 0.25) is 0 Å². The van der Waals surface area contributed by atoms with Gasteiger partial charge in [-0.2, -0.15) is 0 Å². The number of aryl methyl sites for hydroxylation is 1. The molecule has 33 heavy (non-hydrogen) atoms. The molecule has 0 bridgehead atoms. The van der Waals surface area contributed by atoms with Crippen LogP contribution >= 0.6 is 0 Å². The van der Waals surface area contributed by atoms with Crippen molar-refractivity contribution < 1.29 is 22.7 Å². The van der Waals surface area contributed by atoms with Crippen molar-refractivity contribution in [3.8, 4) is 0 Å². The molecule has 170 valence electrons.